The van der Waals surface area contributed by atoms with Crippen LogP contribution in [-0.2, 0) is 0 Å². The molecule has 0 heterocycles. The number of aliphatic hydroxyl groups excluding tert-OH is 1. The lowest BCUT2D eigenvalue weighted by atomic mass is 10.1. The smallest absolute Gasteiger partial charge is 0.0773 e. The lowest BCUT2D eigenvalue weighted by Crippen LogP contribution is -1.93. The molecule has 0 aliphatic heterocycles. The first-order valence-electron chi connectivity index (χ1n) is 3.66. The van der Waals surface area contributed by atoms with Crippen LogP contribution in [0.5, 0.6) is 0 Å². The van der Waals surface area contributed by atoms with Crippen molar-refractivity contribution in [3.05, 3.63) is 32.2 Å². The van der Waals surface area contributed by atoms with Crippen molar-refractivity contribution in [3.63, 3.8) is 0 Å². The first-order valence-corrected chi connectivity index (χ1v) is 5.24. The van der Waals surface area contributed by atoms with Gasteiger partial charge in [-0.1, -0.05) is 31.9 Å². The van der Waals surface area contributed by atoms with E-state index in [4.69, 9.17) is 0 Å². The Kier molecular flexibility index (Phi) is 3.32. The molecule has 0 aliphatic carbocycles. The molecule has 66 valence electrons. The summed E-state index contributed by atoms with van der Waals surface area (Å²) in [6.45, 7) is 3.77. The fourth-order valence-electron chi connectivity index (χ4n) is 0.982. The standard InChI is InChI=1S/C9H10Br2O/c1-5-3-9(11)7(6(2)12)4-8(5)10/h3-4,6,12H,1-2H3/t6-/m0/s1. The number of hydrogen-bond donors (Lipinski definition) is 1. The van der Waals surface area contributed by atoms with Crippen molar-refractivity contribution in [2.75, 3.05) is 0 Å². The highest BCUT2D eigenvalue weighted by molar-refractivity contribution is 9.11. The molecule has 1 aromatic rings. The predicted molar refractivity (Wildman–Crippen MR) is 57.2 cm³/mol. The fourth-order valence-corrected chi connectivity index (χ4v) is 2.13. The molecule has 0 fully saturated rings. The second-order valence-corrected chi connectivity index (χ2v) is 4.51. The zero-order chi connectivity index (χ0) is 9.30. The summed E-state index contributed by atoms with van der Waals surface area (Å²) in [5.41, 5.74) is 2.07. The highest BCUT2D eigenvalue weighted by atomic mass is 79.9. The zero-order valence-electron chi connectivity index (χ0n) is 6.94. The molecule has 0 spiro atoms. The van der Waals surface area contributed by atoms with E-state index in [1.807, 2.05) is 19.1 Å². The van der Waals surface area contributed by atoms with E-state index in [0.29, 0.717) is 0 Å². The topological polar surface area (TPSA) is 20.2 Å². The number of aryl methyl sites for hydroxylation is 1. The van der Waals surface area contributed by atoms with Gasteiger partial charge in [-0.25, -0.2) is 0 Å². The third-order valence-electron chi connectivity index (χ3n) is 1.73. The van der Waals surface area contributed by atoms with Crippen molar-refractivity contribution >= 4 is 31.9 Å². The Morgan fingerprint density at radius 3 is 2.33 bits per heavy atom. The van der Waals surface area contributed by atoms with Gasteiger partial charge in [0.25, 0.3) is 0 Å². The van der Waals surface area contributed by atoms with Crippen LogP contribution in [0.4, 0.5) is 0 Å². The van der Waals surface area contributed by atoms with Crippen molar-refractivity contribution in [2.24, 2.45) is 0 Å². The molecule has 0 saturated carbocycles. The third-order valence-corrected chi connectivity index (χ3v) is 3.27. The van der Waals surface area contributed by atoms with E-state index in [1.54, 1.807) is 6.92 Å². The number of aliphatic hydroxyl groups is 1. The molecule has 0 unspecified atom stereocenters. The van der Waals surface area contributed by atoms with Gasteiger partial charge in [-0.2, -0.15) is 0 Å². The van der Waals surface area contributed by atoms with Gasteiger partial charge in [0.15, 0.2) is 0 Å². The molecule has 1 atom stereocenters. The lowest BCUT2D eigenvalue weighted by molar-refractivity contribution is 0.198. The second kappa shape index (κ2) is 3.90. The van der Waals surface area contributed by atoms with Gasteiger partial charge in [0, 0.05) is 8.95 Å². The normalized spacial score (nSPS) is 13.1. The summed E-state index contributed by atoms with van der Waals surface area (Å²) in [6, 6.07) is 3.93. The second-order valence-electron chi connectivity index (χ2n) is 2.80. The molecule has 12 heavy (non-hydrogen) atoms. The van der Waals surface area contributed by atoms with Gasteiger partial charge >= 0.3 is 0 Å². The Balaban J connectivity index is 3.23. The van der Waals surface area contributed by atoms with Crippen molar-refractivity contribution in [1.82, 2.24) is 0 Å². The van der Waals surface area contributed by atoms with E-state index in [0.717, 1.165) is 20.1 Å². The minimum absolute atomic E-state index is 0.434. The molecule has 0 saturated heterocycles. The summed E-state index contributed by atoms with van der Waals surface area (Å²) in [5.74, 6) is 0. The Labute approximate surface area is 89.1 Å². The molecule has 0 bridgehead atoms. The van der Waals surface area contributed by atoms with Gasteiger partial charge in [-0.15, -0.1) is 0 Å². The quantitative estimate of drug-likeness (QED) is 0.839. The molecule has 1 N–H and O–H groups in total. The molecule has 0 amide bonds. The summed E-state index contributed by atoms with van der Waals surface area (Å²) in [5, 5.41) is 9.37. The maximum Gasteiger partial charge on any atom is 0.0773 e. The van der Waals surface area contributed by atoms with Gasteiger partial charge in [-0.3, -0.25) is 0 Å². The maximum atomic E-state index is 9.37. The highest BCUT2D eigenvalue weighted by Gasteiger charge is 2.07. The predicted octanol–water partition coefficient (Wildman–Crippen LogP) is 3.57. The minimum atomic E-state index is -0.434. The van der Waals surface area contributed by atoms with Crippen molar-refractivity contribution in [2.45, 2.75) is 20.0 Å². The van der Waals surface area contributed by atoms with Crippen LogP contribution >= 0.6 is 31.9 Å². The van der Waals surface area contributed by atoms with E-state index in [-0.39, 0.29) is 0 Å². The summed E-state index contributed by atoms with van der Waals surface area (Å²) < 4.78 is 1.99. The van der Waals surface area contributed by atoms with Crippen LogP contribution < -0.4 is 0 Å². The van der Waals surface area contributed by atoms with Crippen LogP contribution in [0.25, 0.3) is 0 Å². The zero-order valence-corrected chi connectivity index (χ0v) is 10.1. The molecule has 1 aromatic carbocycles. The van der Waals surface area contributed by atoms with Crippen molar-refractivity contribution in [1.29, 1.82) is 0 Å². The molecule has 0 aliphatic rings. The molecule has 3 heteroatoms. The van der Waals surface area contributed by atoms with Crippen LogP contribution in [0.3, 0.4) is 0 Å². The van der Waals surface area contributed by atoms with Crippen LogP contribution in [0.15, 0.2) is 21.1 Å². The van der Waals surface area contributed by atoms with Gasteiger partial charge in [0.05, 0.1) is 6.10 Å². The summed E-state index contributed by atoms with van der Waals surface area (Å²) in [6.07, 6.45) is -0.434. The molecule has 0 radical (unpaired) electrons. The van der Waals surface area contributed by atoms with E-state index < -0.39 is 6.10 Å². The molecular formula is C9H10Br2O. The van der Waals surface area contributed by atoms with Gasteiger partial charge in [0.2, 0.25) is 0 Å². The largest absolute Gasteiger partial charge is 0.389 e. The van der Waals surface area contributed by atoms with E-state index in [2.05, 4.69) is 31.9 Å². The monoisotopic (exact) mass is 292 g/mol. The van der Waals surface area contributed by atoms with E-state index >= 15 is 0 Å². The molecular weight excluding hydrogens is 284 g/mol. The fraction of sp³-hybridized carbons (Fsp3) is 0.333. The van der Waals surface area contributed by atoms with Gasteiger partial charge < -0.3 is 5.11 Å². The maximum absolute atomic E-state index is 9.37. The molecule has 1 rings (SSSR count). The first kappa shape index (κ1) is 10.2. The lowest BCUT2D eigenvalue weighted by Gasteiger charge is -2.09. The van der Waals surface area contributed by atoms with Crippen LogP contribution in [0.2, 0.25) is 0 Å². The first-order chi connectivity index (χ1) is 5.52. The summed E-state index contributed by atoms with van der Waals surface area (Å²) >= 11 is 6.82. The van der Waals surface area contributed by atoms with Crippen LogP contribution in [0, 0.1) is 6.92 Å². The number of hydrogen-bond acceptors (Lipinski definition) is 1. The van der Waals surface area contributed by atoms with Crippen LogP contribution in [-0.4, -0.2) is 5.11 Å². The molecule has 0 aromatic heterocycles. The van der Waals surface area contributed by atoms with Gasteiger partial charge in [-0.05, 0) is 37.1 Å². The average molecular weight is 294 g/mol. The van der Waals surface area contributed by atoms with Crippen molar-refractivity contribution in [3.8, 4) is 0 Å². The van der Waals surface area contributed by atoms with E-state index in [1.165, 1.54) is 0 Å². The average Bonchev–Trinajstić information content (AvgIpc) is 1.96. The highest BCUT2D eigenvalue weighted by Crippen LogP contribution is 2.29. The Morgan fingerprint density at radius 2 is 1.83 bits per heavy atom. The van der Waals surface area contributed by atoms with Crippen LogP contribution in [0.1, 0.15) is 24.2 Å². The number of rotatable bonds is 1. The SMILES string of the molecule is Cc1cc(Br)c([C@H](C)O)cc1Br. The number of benzene rings is 1. The van der Waals surface area contributed by atoms with E-state index in [9.17, 15) is 5.11 Å². The van der Waals surface area contributed by atoms with Crippen molar-refractivity contribution < 1.29 is 5.11 Å². The Hall–Kier alpha value is 0.140. The third kappa shape index (κ3) is 2.09. The molecule has 1 nitrogen and oxygen atoms in total. The van der Waals surface area contributed by atoms with Gasteiger partial charge in [0.1, 0.15) is 0 Å². The number of halogens is 2. The Morgan fingerprint density at radius 1 is 1.25 bits per heavy atom. The Bertz CT molecular complexity index is 295. The minimum Gasteiger partial charge on any atom is -0.389 e. The summed E-state index contributed by atoms with van der Waals surface area (Å²) in [4.78, 5) is 0. The summed E-state index contributed by atoms with van der Waals surface area (Å²) in [7, 11) is 0.